The number of aliphatic hydroxyl groups excluding tert-OH is 1. The van der Waals surface area contributed by atoms with E-state index < -0.39 is 29.1 Å². The number of alkyl halides is 2. The molecule has 2 fully saturated rings. The zero-order valence-corrected chi connectivity index (χ0v) is 22.8. The van der Waals surface area contributed by atoms with Gasteiger partial charge in [0.2, 0.25) is 0 Å². The summed E-state index contributed by atoms with van der Waals surface area (Å²) in [5, 5.41) is 17.8. The number of allylic oxidation sites excluding steroid dienone is 2. The van der Waals surface area contributed by atoms with E-state index in [1.54, 1.807) is 16.9 Å². The highest BCUT2D eigenvalue weighted by atomic mass is 32.2. The van der Waals surface area contributed by atoms with Crippen LogP contribution in [0, 0.1) is 11.2 Å². The van der Waals surface area contributed by atoms with Crippen LogP contribution in [0.5, 0.6) is 0 Å². The predicted molar refractivity (Wildman–Crippen MR) is 148 cm³/mol. The second-order valence-corrected chi connectivity index (χ2v) is 12.2. The van der Waals surface area contributed by atoms with E-state index in [4.69, 9.17) is 5.11 Å². The summed E-state index contributed by atoms with van der Waals surface area (Å²) < 4.78 is 58.7. The maximum atomic E-state index is 14.6. The van der Waals surface area contributed by atoms with Gasteiger partial charge < -0.3 is 14.7 Å². The van der Waals surface area contributed by atoms with Crippen molar-refractivity contribution < 1.29 is 22.5 Å². The van der Waals surface area contributed by atoms with E-state index in [0.717, 1.165) is 37.3 Å². The molecule has 0 bridgehead atoms. The van der Waals surface area contributed by atoms with Crippen molar-refractivity contribution in [2.75, 3.05) is 35.1 Å². The molecule has 40 heavy (non-hydrogen) atoms. The molecule has 1 unspecified atom stereocenters. The van der Waals surface area contributed by atoms with Crippen molar-refractivity contribution in [1.29, 1.82) is 0 Å². The number of anilines is 2. The monoisotopic (exact) mass is 572 g/mol. The maximum Gasteiger partial charge on any atom is 0.251 e. The van der Waals surface area contributed by atoms with E-state index in [1.165, 1.54) is 31.1 Å². The van der Waals surface area contributed by atoms with E-state index in [1.807, 2.05) is 12.1 Å². The molecule has 212 valence electrons. The Kier molecular flexibility index (Phi) is 7.16. The molecule has 8 nitrogen and oxygen atoms in total. The zero-order chi connectivity index (χ0) is 27.9. The number of halogens is 3. The topological polar surface area (TPSA) is 96.2 Å². The quantitative estimate of drug-likeness (QED) is 0.389. The third kappa shape index (κ3) is 5.64. The minimum Gasteiger partial charge on any atom is -0.395 e. The van der Waals surface area contributed by atoms with E-state index >= 15 is 0 Å². The van der Waals surface area contributed by atoms with Gasteiger partial charge >= 0.3 is 0 Å². The number of nitrogens with one attached hydrogen (secondary N) is 1. The molecule has 1 spiro atoms. The molecule has 3 aliphatic rings. The molecule has 3 heterocycles. The van der Waals surface area contributed by atoms with Gasteiger partial charge in [0.25, 0.3) is 5.92 Å². The summed E-state index contributed by atoms with van der Waals surface area (Å²) in [6, 6.07) is 8.42. The smallest absolute Gasteiger partial charge is 0.251 e. The maximum absolute atomic E-state index is 14.6. The van der Waals surface area contributed by atoms with Gasteiger partial charge in [0.15, 0.2) is 0 Å². The van der Waals surface area contributed by atoms with Gasteiger partial charge in [0.05, 0.1) is 35.6 Å². The molecule has 2 aromatic heterocycles. The standard InChI is InChI=1S/C28H31F3N6O2S/c29-21-2-3-22(32-26(21)19-5-7-28(30,31)8-6-19)23-18-37(35-33-23)24-4-1-20(34-40(39)16-15-38)17-25(24)36-13-11-27(9-10-27)12-14-36/h1-5,17-18,34,38H,6-16H2. The van der Waals surface area contributed by atoms with Gasteiger partial charge in [-0.1, -0.05) is 11.3 Å². The Morgan fingerprint density at radius 1 is 1.02 bits per heavy atom. The number of nitrogens with zero attached hydrogens (tertiary/aromatic N) is 5. The summed E-state index contributed by atoms with van der Waals surface area (Å²) in [6.07, 6.45) is 7.19. The fraction of sp³-hybridized carbons (Fsp3) is 0.464. The van der Waals surface area contributed by atoms with Crippen molar-refractivity contribution in [3.05, 3.63) is 54.1 Å². The molecule has 1 atom stereocenters. The van der Waals surface area contributed by atoms with Gasteiger partial charge in [0, 0.05) is 31.6 Å². The molecular weight excluding hydrogens is 541 g/mol. The van der Waals surface area contributed by atoms with Crippen LogP contribution in [0.25, 0.3) is 22.6 Å². The Morgan fingerprint density at radius 2 is 1.82 bits per heavy atom. The van der Waals surface area contributed by atoms with Crippen LogP contribution in [0.4, 0.5) is 24.5 Å². The highest BCUT2D eigenvalue weighted by Gasteiger charge is 2.44. The lowest BCUT2D eigenvalue weighted by Gasteiger charge is -2.35. The van der Waals surface area contributed by atoms with Gasteiger partial charge in [-0.25, -0.2) is 27.0 Å². The van der Waals surface area contributed by atoms with Crippen LogP contribution >= 0.6 is 0 Å². The van der Waals surface area contributed by atoms with Crippen molar-refractivity contribution in [3.8, 4) is 17.1 Å². The number of hydrogen-bond acceptors (Lipinski definition) is 6. The number of rotatable bonds is 8. The Labute approximate surface area is 232 Å². The third-order valence-electron chi connectivity index (χ3n) is 8.17. The minimum absolute atomic E-state index is 0.0526. The van der Waals surface area contributed by atoms with Crippen LogP contribution in [0.15, 0.2) is 42.6 Å². The van der Waals surface area contributed by atoms with Gasteiger partial charge in [-0.2, -0.15) is 0 Å². The molecule has 2 aliphatic carbocycles. The van der Waals surface area contributed by atoms with E-state index in [9.17, 15) is 17.4 Å². The van der Waals surface area contributed by atoms with Crippen LogP contribution in [-0.4, -0.2) is 60.7 Å². The van der Waals surface area contributed by atoms with Crippen LogP contribution in [0.2, 0.25) is 0 Å². The number of piperidine rings is 1. The SMILES string of the molecule is O=S(CCO)Nc1ccc(-n2cc(-c3ccc(F)c(C4=CCC(F)(F)CC4)n3)nn2)c(N2CCC3(CC2)CC3)c1. The highest BCUT2D eigenvalue weighted by molar-refractivity contribution is 7.86. The van der Waals surface area contributed by atoms with E-state index in [2.05, 4.69) is 24.9 Å². The zero-order valence-electron chi connectivity index (χ0n) is 22.0. The van der Waals surface area contributed by atoms with Gasteiger partial charge in [-0.3, -0.25) is 0 Å². The first-order valence-corrected chi connectivity index (χ1v) is 14.9. The number of benzene rings is 1. The molecule has 1 saturated heterocycles. The second-order valence-electron chi connectivity index (χ2n) is 10.9. The molecule has 0 amide bonds. The van der Waals surface area contributed by atoms with Crippen LogP contribution in [0.3, 0.4) is 0 Å². The molecule has 2 N–H and O–H groups in total. The summed E-state index contributed by atoms with van der Waals surface area (Å²) in [7, 11) is -1.41. The Bertz CT molecular complexity index is 1460. The Hall–Kier alpha value is -3.25. The second kappa shape index (κ2) is 10.6. The van der Waals surface area contributed by atoms with E-state index in [-0.39, 0.29) is 30.9 Å². The molecule has 1 aromatic carbocycles. The average molecular weight is 573 g/mol. The molecule has 0 radical (unpaired) electrons. The van der Waals surface area contributed by atoms with Crippen molar-refractivity contribution in [2.45, 2.75) is 50.9 Å². The van der Waals surface area contributed by atoms with Crippen LogP contribution < -0.4 is 9.62 Å². The lowest BCUT2D eigenvalue weighted by atomic mass is 9.93. The molecule has 3 aromatic rings. The summed E-state index contributed by atoms with van der Waals surface area (Å²) in [5.41, 5.74) is 4.23. The van der Waals surface area contributed by atoms with Crippen molar-refractivity contribution in [3.63, 3.8) is 0 Å². The van der Waals surface area contributed by atoms with Crippen LogP contribution in [0.1, 0.15) is 50.6 Å². The first kappa shape index (κ1) is 26.9. The van der Waals surface area contributed by atoms with Gasteiger partial charge in [-0.05, 0) is 73.4 Å². The summed E-state index contributed by atoms with van der Waals surface area (Å²) in [6.45, 7) is 1.62. The normalized spacial score (nSPS) is 20.3. The fourth-order valence-electron chi connectivity index (χ4n) is 5.52. The fourth-order valence-corrected chi connectivity index (χ4v) is 6.17. The summed E-state index contributed by atoms with van der Waals surface area (Å²) in [5.74, 6) is -3.21. The van der Waals surface area contributed by atoms with E-state index in [0.29, 0.717) is 28.1 Å². The lowest BCUT2D eigenvalue weighted by molar-refractivity contribution is -0.00609. The van der Waals surface area contributed by atoms with Gasteiger partial charge in [-0.15, -0.1) is 5.10 Å². The van der Waals surface area contributed by atoms with Crippen molar-refractivity contribution in [1.82, 2.24) is 20.0 Å². The first-order chi connectivity index (χ1) is 19.2. The summed E-state index contributed by atoms with van der Waals surface area (Å²) in [4.78, 5) is 6.75. The van der Waals surface area contributed by atoms with Gasteiger partial charge in [0.1, 0.15) is 28.2 Å². The van der Waals surface area contributed by atoms with Crippen LogP contribution in [-0.2, 0) is 11.0 Å². The number of aliphatic hydroxyl groups is 1. The third-order valence-corrected chi connectivity index (χ3v) is 9.18. The van der Waals surface area contributed by atoms with Crippen molar-refractivity contribution in [2.24, 2.45) is 5.41 Å². The number of aromatic nitrogens is 4. The molecule has 1 saturated carbocycles. The first-order valence-electron chi connectivity index (χ1n) is 13.6. The lowest BCUT2D eigenvalue weighted by Crippen LogP contribution is -2.35. The number of hydrogen-bond donors (Lipinski definition) is 2. The number of pyridine rings is 1. The van der Waals surface area contributed by atoms with Crippen molar-refractivity contribution >= 4 is 27.9 Å². The predicted octanol–water partition coefficient (Wildman–Crippen LogP) is 5.12. The summed E-state index contributed by atoms with van der Waals surface area (Å²) >= 11 is 0. The largest absolute Gasteiger partial charge is 0.395 e. The Morgan fingerprint density at radius 3 is 2.52 bits per heavy atom. The highest BCUT2D eigenvalue weighted by Crippen LogP contribution is 2.54. The minimum atomic E-state index is -2.77. The molecule has 12 heteroatoms. The Balaban J connectivity index is 1.30. The molecular formula is C28H31F3N6O2S. The molecule has 1 aliphatic heterocycles. The average Bonchev–Trinajstić information content (AvgIpc) is 3.50. The molecule has 6 rings (SSSR count).